The Balaban J connectivity index is 1.66. The minimum Gasteiger partial charge on any atom is -0.333 e. The summed E-state index contributed by atoms with van der Waals surface area (Å²) in [5.74, 6) is 3.04. The highest BCUT2D eigenvalue weighted by Gasteiger charge is 2.52. The molecule has 1 heterocycles. The summed E-state index contributed by atoms with van der Waals surface area (Å²) in [5, 5.41) is 3.26. The van der Waals surface area contributed by atoms with Crippen molar-refractivity contribution in [3.8, 4) is 0 Å². The van der Waals surface area contributed by atoms with Crippen LogP contribution in [0.2, 0.25) is 0 Å². The first-order valence-corrected chi connectivity index (χ1v) is 7.94. The second kappa shape index (κ2) is 4.34. The van der Waals surface area contributed by atoms with Crippen LogP contribution in [0.3, 0.4) is 0 Å². The Labute approximate surface area is 115 Å². The summed E-state index contributed by atoms with van der Waals surface area (Å²) in [6.45, 7) is 2.10. The second-order valence-corrected chi connectivity index (χ2v) is 7.27. The summed E-state index contributed by atoms with van der Waals surface area (Å²) in [6.07, 6.45) is 13.1. The van der Waals surface area contributed by atoms with Gasteiger partial charge in [0.15, 0.2) is 0 Å². The van der Waals surface area contributed by atoms with Crippen LogP contribution >= 0.6 is 0 Å². The zero-order valence-corrected chi connectivity index (χ0v) is 11.9. The van der Waals surface area contributed by atoms with E-state index in [0.29, 0.717) is 5.41 Å². The maximum Gasteiger partial charge on any atom is 0.0948 e. The Morgan fingerprint density at radius 2 is 1.84 bits per heavy atom. The first kappa shape index (κ1) is 12.0. The number of hydrogen-bond acceptors (Lipinski definition) is 2. The molecule has 4 saturated carbocycles. The summed E-state index contributed by atoms with van der Waals surface area (Å²) >= 11 is 0. The first-order valence-electron chi connectivity index (χ1n) is 7.94. The molecule has 0 unspecified atom stereocenters. The van der Waals surface area contributed by atoms with Crippen molar-refractivity contribution in [2.75, 3.05) is 13.6 Å². The van der Waals surface area contributed by atoms with Crippen LogP contribution in [0.5, 0.6) is 0 Å². The van der Waals surface area contributed by atoms with Crippen molar-refractivity contribution in [1.29, 1.82) is 0 Å². The van der Waals surface area contributed by atoms with E-state index in [-0.39, 0.29) is 0 Å². The van der Waals surface area contributed by atoms with Crippen molar-refractivity contribution in [3.63, 3.8) is 0 Å². The van der Waals surface area contributed by atoms with Crippen LogP contribution in [0.25, 0.3) is 0 Å². The van der Waals surface area contributed by atoms with Gasteiger partial charge in [-0.2, -0.15) is 0 Å². The van der Waals surface area contributed by atoms with Gasteiger partial charge in [-0.25, -0.2) is 4.98 Å². The molecular weight excluding hydrogens is 234 g/mol. The summed E-state index contributed by atoms with van der Waals surface area (Å²) in [7, 11) is 2.03. The number of imidazole rings is 1. The van der Waals surface area contributed by atoms with E-state index in [4.69, 9.17) is 0 Å². The molecule has 4 aliphatic rings. The zero-order chi connectivity index (χ0) is 12.9. The quantitative estimate of drug-likeness (QED) is 0.900. The molecule has 4 fully saturated rings. The third-order valence-corrected chi connectivity index (χ3v) is 5.90. The van der Waals surface area contributed by atoms with Gasteiger partial charge in [-0.1, -0.05) is 0 Å². The predicted octanol–water partition coefficient (Wildman–Crippen LogP) is 2.57. The molecule has 4 aliphatic carbocycles. The van der Waals surface area contributed by atoms with Crippen LogP contribution < -0.4 is 5.32 Å². The van der Waals surface area contributed by atoms with Crippen LogP contribution in [0, 0.1) is 17.8 Å². The van der Waals surface area contributed by atoms with Gasteiger partial charge in [-0.15, -0.1) is 0 Å². The topological polar surface area (TPSA) is 29.9 Å². The molecule has 5 rings (SSSR count). The van der Waals surface area contributed by atoms with Gasteiger partial charge in [0, 0.05) is 30.4 Å². The van der Waals surface area contributed by atoms with E-state index in [2.05, 4.69) is 21.1 Å². The number of nitrogens with zero attached hydrogens (tertiary/aromatic N) is 2. The van der Waals surface area contributed by atoms with E-state index < -0.39 is 0 Å². The normalized spacial score (nSPS) is 39.9. The highest BCUT2D eigenvalue weighted by Crippen LogP contribution is 2.60. The average Bonchev–Trinajstić information content (AvgIpc) is 2.83. The van der Waals surface area contributed by atoms with Crippen molar-refractivity contribution in [3.05, 3.63) is 18.2 Å². The molecule has 104 valence electrons. The SMILES string of the molecule is CNCCn1cncc1C12CC3CC(CC(C3)C1)C2. The summed E-state index contributed by atoms with van der Waals surface area (Å²) in [6, 6.07) is 0. The van der Waals surface area contributed by atoms with Crippen molar-refractivity contribution in [1.82, 2.24) is 14.9 Å². The molecule has 1 N–H and O–H groups in total. The van der Waals surface area contributed by atoms with Gasteiger partial charge in [0.1, 0.15) is 0 Å². The molecule has 0 aliphatic heterocycles. The van der Waals surface area contributed by atoms with Gasteiger partial charge in [0.05, 0.1) is 6.33 Å². The Bertz CT molecular complexity index is 427. The molecule has 0 atom stereocenters. The van der Waals surface area contributed by atoms with Gasteiger partial charge >= 0.3 is 0 Å². The largest absolute Gasteiger partial charge is 0.333 e. The zero-order valence-electron chi connectivity index (χ0n) is 11.9. The maximum absolute atomic E-state index is 4.47. The summed E-state index contributed by atoms with van der Waals surface area (Å²) < 4.78 is 2.42. The molecule has 1 aromatic heterocycles. The van der Waals surface area contributed by atoms with Crippen LogP contribution in [0.15, 0.2) is 12.5 Å². The minimum absolute atomic E-state index is 0.485. The maximum atomic E-state index is 4.47. The van der Waals surface area contributed by atoms with Gasteiger partial charge in [-0.05, 0) is 63.3 Å². The average molecular weight is 259 g/mol. The van der Waals surface area contributed by atoms with E-state index in [1.807, 2.05) is 13.4 Å². The summed E-state index contributed by atoms with van der Waals surface area (Å²) in [4.78, 5) is 4.47. The lowest BCUT2D eigenvalue weighted by molar-refractivity contribution is -0.00881. The van der Waals surface area contributed by atoms with Crippen LogP contribution in [0.1, 0.15) is 44.2 Å². The Morgan fingerprint density at radius 3 is 2.42 bits per heavy atom. The number of aromatic nitrogens is 2. The fraction of sp³-hybridized carbons (Fsp3) is 0.812. The molecule has 0 amide bonds. The van der Waals surface area contributed by atoms with Crippen molar-refractivity contribution >= 4 is 0 Å². The lowest BCUT2D eigenvalue weighted by atomic mass is 9.49. The molecule has 0 radical (unpaired) electrons. The predicted molar refractivity (Wildman–Crippen MR) is 76.0 cm³/mol. The van der Waals surface area contributed by atoms with Crippen molar-refractivity contribution in [2.24, 2.45) is 17.8 Å². The first-order chi connectivity index (χ1) is 9.29. The van der Waals surface area contributed by atoms with Crippen LogP contribution in [-0.4, -0.2) is 23.1 Å². The van der Waals surface area contributed by atoms with Crippen molar-refractivity contribution < 1.29 is 0 Å². The Hall–Kier alpha value is -0.830. The molecule has 1 aromatic rings. The van der Waals surface area contributed by atoms with E-state index in [9.17, 15) is 0 Å². The van der Waals surface area contributed by atoms with Gasteiger partial charge < -0.3 is 9.88 Å². The Kier molecular flexibility index (Phi) is 2.73. The smallest absolute Gasteiger partial charge is 0.0948 e. The van der Waals surface area contributed by atoms with E-state index in [0.717, 1.165) is 30.8 Å². The molecular formula is C16H25N3. The molecule has 3 nitrogen and oxygen atoms in total. The number of nitrogens with one attached hydrogen (secondary N) is 1. The van der Waals surface area contributed by atoms with E-state index >= 15 is 0 Å². The standard InChI is InChI=1S/C16H25N3/c1-17-2-3-19-11-18-10-15(19)16-7-12-4-13(8-16)6-14(5-12)9-16/h10-14,17H,2-9H2,1H3. The molecule has 0 saturated heterocycles. The number of likely N-dealkylation sites (N-methyl/N-ethyl adjacent to an activating group) is 1. The van der Waals surface area contributed by atoms with Gasteiger partial charge in [0.2, 0.25) is 0 Å². The van der Waals surface area contributed by atoms with Gasteiger partial charge in [0.25, 0.3) is 0 Å². The lowest BCUT2D eigenvalue weighted by Crippen LogP contribution is -2.49. The van der Waals surface area contributed by atoms with E-state index in [1.165, 1.54) is 38.5 Å². The third-order valence-electron chi connectivity index (χ3n) is 5.90. The molecule has 3 heteroatoms. The second-order valence-electron chi connectivity index (χ2n) is 7.27. The van der Waals surface area contributed by atoms with Crippen LogP contribution in [-0.2, 0) is 12.0 Å². The fourth-order valence-corrected chi connectivity index (χ4v) is 5.60. The molecule has 0 spiro atoms. The summed E-state index contributed by atoms with van der Waals surface area (Å²) in [5.41, 5.74) is 2.03. The van der Waals surface area contributed by atoms with Gasteiger partial charge in [-0.3, -0.25) is 0 Å². The number of hydrogen-bond donors (Lipinski definition) is 1. The van der Waals surface area contributed by atoms with Crippen LogP contribution in [0.4, 0.5) is 0 Å². The third kappa shape index (κ3) is 1.85. The number of rotatable bonds is 4. The molecule has 19 heavy (non-hydrogen) atoms. The highest BCUT2D eigenvalue weighted by atomic mass is 15.1. The Morgan fingerprint density at radius 1 is 1.21 bits per heavy atom. The lowest BCUT2D eigenvalue weighted by Gasteiger charge is -2.56. The molecule has 0 aromatic carbocycles. The highest BCUT2D eigenvalue weighted by molar-refractivity contribution is 5.22. The fourth-order valence-electron chi connectivity index (χ4n) is 5.60. The van der Waals surface area contributed by atoms with Crippen molar-refractivity contribution in [2.45, 2.75) is 50.5 Å². The van der Waals surface area contributed by atoms with E-state index in [1.54, 1.807) is 5.69 Å². The minimum atomic E-state index is 0.485. The monoisotopic (exact) mass is 259 g/mol. The molecule has 4 bridgehead atoms.